The molecule has 0 saturated heterocycles. The average molecular weight is 309 g/mol. The van der Waals surface area contributed by atoms with Gasteiger partial charge in [0, 0.05) is 12.1 Å². The van der Waals surface area contributed by atoms with Gasteiger partial charge in [-0.05, 0) is 49.1 Å². The summed E-state index contributed by atoms with van der Waals surface area (Å²) in [5, 5.41) is 2.99. The number of hydrogen-bond donors (Lipinski definition) is 1. The van der Waals surface area contributed by atoms with E-state index in [2.05, 4.69) is 17.4 Å². The standard InChI is InChI=1S/C20H23NO2/c1-16(8-9-17-6-4-3-5-7-17)21-20(22)15-12-18-10-13-19(23-2)14-11-18/h3-7,10-16H,8-9H2,1-2H3,(H,21,22)/b15-12+. The predicted molar refractivity (Wildman–Crippen MR) is 94.4 cm³/mol. The Labute approximate surface area is 138 Å². The fourth-order valence-corrected chi connectivity index (χ4v) is 2.28. The van der Waals surface area contributed by atoms with Gasteiger partial charge in [0.15, 0.2) is 0 Å². The van der Waals surface area contributed by atoms with Crippen molar-refractivity contribution in [2.24, 2.45) is 0 Å². The first kappa shape index (κ1) is 16.8. The molecule has 0 aromatic heterocycles. The lowest BCUT2D eigenvalue weighted by molar-refractivity contribution is -0.117. The molecule has 0 aliphatic heterocycles. The first-order chi connectivity index (χ1) is 11.2. The molecule has 2 aromatic rings. The van der Waals surface area contributed by atoms with Crippen molar-refractivity contribution in [2.75, 3.05) is 7.11 Å². The topological polar surface area (TPSA) is 38.3 Å². The van der Waals surface area contributed by atoms with Crippen molar-refractivity contribution < 1.29 is 9.53 Å². The third-order valence-corrected chi connectivity index (χ3v) is 3.64. The molecule has 1 atom stereocenters. The van der Waals surface area contributed by atoms with Crippen LogP contribution in [-0.2, 0) is 11.2 Å². The van der Waals surface area contributed by atoms with Crippen LogP contribution < -0.4 is 10.1 Å². The molecule has 1 unspecified atom stereocenters. The van der Waals surface area contributed by atoms with Crippen LogP contribution in [0.2, 0.25) is 0 Å². The average Bonchev–Trinajstić information content (AvgIpc) is 2.59. The Balaban J connectivity index is 1.77. The Morgan fingerprint density at radius 2 is 1.83 bits per heavy atom. The summed E-state index contributed by atoms with van der Waals surface area (Å²) in [6.07, 6.45) is 5.26. The maximum absolute atomic E-state index is 11.9. The van der Waals surface area contributed by atoms with Crippen LogP contribution >= 0.6 is 0 Å². The maximum atomic E-state index is 11.9. The Morgan fingerprint density at radius 1 is 1.13 bits per heavy atom. The molecule has 0 bridgehead atoms. The molecular weight excluding hydrogens is 286 g/mol. The van der Waals surface area contributed by atoms with Gasteiger partial charge in [-0.2, -0.15) is 0 Å². The number of carbonyl (C=O) groups is 1. The second kappa shape index (κ2) is 8.79. The summed E-state index contributed by atoms with van der Waals surface area (Å²) in [5.41, 5.74) is 2.26. The van der Waals surface area contributed by atoms with E-state index in [1.807, 2.05) is 49.4 Å². The summed E-state index contributed by atoms with van der Waals surface area (Å²) in [5.74, 6) is 0.738. The van der Waals surface area contributed by atoms with Crippen LogP contribution in [0.1, 0.15) is 24.5 Å². The number of aryl methyl sites for hydroxylation is 1. The van der Waals surface area contributed by atoms with E-state index in [1.165, 1.54) is 5.56 Å². The van der Waals surface area contributed by atoms with Gasteiger partial charge in [-0.3, -0.25) is 4.79 Å². The number of methoxy groups -OCH3 is 1. The SMILES string of the molecule is COc1ccc(/C=C/C(=O)NC(C)CCc2ccccc2)cc1. The number of carbonyl (C=O) groups excluding carboxylic acids is 1. The molecule has 3 nitrogen and oxygen atoms in total. The highest BCUT2D eigenvalue weighted by Gasteiger charge is 2.05. The van der Waals surface area contributed by atoms with Gasteiger partial charge in [0.05, 0.1) is 7.11 Å². The van der Waals surface area contributed by atoms with Crippen LogP contribution in [0.3, 0.4) is 0 Å². The van der Waals surface area contributed by atoms with Crippen LogP contribution in [-0.4, -0.2) is 19.1 Å². The highest BCUT2D eigenvalue weighted by Crippen LogP contribution is 2.12. The van der Waals surface area contributed by atoms with Crippen LogP contribution in [0.4, 0.5) is 0 Å². The molecular formula is C20H23NO2. The van der Waals surface area contributed by atoms with Crippen molar-refractivity contribution in [2.45, 2.75) is 25.8 Å². The molecule has 120 valence electrons. The molecule has 0 spiro atoms. The number of amides is 1. The van der Waals surface area contributed by atoms with Crippen molar-refractivity contribution in [3.63, 3.8) is 0 Å². The zero-order chi connectivity index (χ0) is 16.5. The summed E-state index contributed by atoms with van der Waals surface area (Å²) in [6, 6.07) is 18.0. The maximum Gasteiger partial charge on any atom is 0.244 e. The van der Waals surface area contributed by atoms with Crippen molar-refractivity contribution in [3.8, 4) is 5.75 Å². The molecule has 3 heteroatoms. The fraction of sp³-hybridized carbons (Fsp3) is 0.250. The van der Waals surface area contributed by atoms with Crippen LogP contribution in [0.5, 0.6) is 5.75 Å². The smallest absolute Gasteiger partial charge is 0.244 e. The fourth-order valence-electron chi connectivity index (χ4n) is 2.28. The van der Waals surface area contributed by atoms with Gasteiger partial charge in [-0.25, -0.2) is 0 Å². The second-order valence-corrected chi connectivity index (χ2v) is 5.54. The Morgan fingerprint density at radius 3 is 2.48 bits per heavy atom. The molecule has 0 aliphatic carbocycles. The molecule has 23 heavy (non-hydrogen) atoms. The first-order valence-corrected chi connectivity index (χ1v) is 7.84. The third kappa shape index (κ3) is 5.99. The minimum absolute atomic E-state index is 0.0682. The minimum atomic E-state index is -0.0682. The van der Waals surface area contributed by atoms with Crippen molar-refractivity contribution in [3.05, 3.63) is 71.8 Å². The van der Waals surface area contributed by atoms with Crippen LogP contribution in [0.15, 0.2) is 60.7 Å². The monoisotopic (exact) mass is 309 g/mol. The number of nitrogens with one attached hydrogen (secondary N) is 1. The summed E-state index contributed by atoms with van der Waals surface area (Å²) >= 11 is 0. The molecule has 1 amide bonds. The Hall–Kier alpha value is -2.55. The zero-order valence-corrected chi connectivity index (χ0v) is 13.7. The van der Waals surface area contributed by atoms with Gasteiger partial charge in [0.2, 0.25) is 5.91 Å². The Kier molecular flexibility index (Phi) is 6.42. The van der Waals surface area contributed by atoms with E-state index in [0.29, 0.717) is 0 Å². The van der Waals surface area contributed by atoms with Gasteiger partial charge in [0.1, 0.15) is 5.75 Å². The van der Waals surface area contributed by atoms with Gasteiger partial charge >= 0.3 is 0 Å². The van der Waals surface area contributed by atoms with Gasteiger partial charge in [-0.15, -0.1) is 0 Å². The van der Waals surface area contributed by atoms with E-state index >= 15 is 0 Å². The van der Waals surface area contributed by atoms with E-state index in [9.17, 15) is 4.79 Å². The van der Waals surface area contributed by atoms with E-state index < -0.39 is 0 Å². The lowest BCUT2D eigenvalue weighted by Crippen LogP contribution is -2.31. The molecule has 0 radical (unpaired) electrons. The van der Waals surface area contributed by atoms with Gasteiger partial charge in [-0.1, -0.05) is 42.5 Å². The van der Waals surface area contributed by atoms with E-state index in [4.69, 9.17) is 4.74 Å². The van der Waals surface area contributed by atoms with Crippen molar-refractivity contribution in [1.82, 2.24) is 5.32 Å². The molecule has 1 N–H and O–H groups in total. The summed E-state index contributed by atoms with van der Waals surface area (Å²) in [7, 11) is 1.63. The molecule has 0 aliphatic rings. The highest BCUT2D eigenvalue weighted by molar-refractivity contribution is 5.91. The van der Waals surface area contributed by atoms with Crippen molar-refractivity contribution >= 4 is 12.0 Å². The first-order valence-electron chi connectivity index (χ1n) is 7.84. The molecule has 2 rings (SSSR count). The molecule has 2 aromatic carbocycles. The Bertz CT molecular complexity index is 632. The number of benzene rings is 2. The number of ether oxygens (including phenoxy) is 1. The van der Waals surface area contributed by atoms with E-state index in [1.54, 1.807) is 19.3 Å². The summed E-state index contributed by atoms with van der Waals surface area (Å²) < 4.78 is 5.11. The van der Waals surface area contributed by atoms with Gasteiger partial charge < -0.3 is 10.1 Å². The summed E-state index contributed by atoms with van der Waals surface area (Å²) in [6.45, 7) is 2.03. The quantitative estimate of drug-likeness (QED) is 0.789. The third-order valence-electron chi connectivity index (χ3n) is 3.64. The normalized spacial score (nSPS) is 12.1. The minimum Gasteiger partial charge on any atom is -0.497 e. The highest BCUT2D eigenvalue weighted by atomic mass is 16.5. The van der Waals surface area contributed by atoms with Crippen LogP contribution in [0, 0.1) is 0 Å². The molecule has 0 saturated carbocycles. The van der Waals surface area contributed by atoms with Crippen molar-refractivity contribution in [1.29, 1.82) is 0 Å². The predicted octanol–water partition coefficient (Wildman–Crippen LogP) is 3.85. The second-order valence-electron chi connectivity index (χ2n) is 5.54. The molecule has 0 fully saturated rings. The number of hydrogen-bond acceptors (Lipinski definition) is 2. The largest absolute Gasteiger partial charge is 0.497 e. The molecule has 0 heterocycles. The summed E-state index contributed by atoms with van der Waals surface area (Å²) in [4.78, 5) is 11.9. The zero-order valence-electron chi connectivity index (χ0n) is 13.7. The lowest BCUT2D eigenvalue weighted by atomic mass is 10.1. The van der Waals surface area contributed by atoms with E-state index in [-0.39, 0.29) is 11.9 Å². The van der Waals surface area contributed by atoms with Crippen LogP contribution in [0.25, 0.3) is 6.08 Å². The van der Waals surface area contributed by atoms with Gasteiger partial charge in [0.25, 0.3) is 0 Å². The lowest BCUT2D eigenvalue weighted by Gasteiger charge is -2.12. The number of rotatable bonds is 7. The van der Waals surface area contributed by atoms with E-state index in [0.717, 1.165) is 24.2 Å².